The van der Waals surface area contributed by atoms with Gasteiger partial charge in [0.1, 0.15) is 4.90 Å². The van der Waals surface area contributed by atoms with Crippen LogP contribution < -0.4 is 0 Å². The molecular formula is C22H26N4O4S. The van der Waals surface area contributed by atoms with Crippen LogP contribution in [-0.4, -0.2) is 46.0 Å². The molecule has 0 saturated carbocycles. The quantitative estimate of drug-likeness (QED) is 0.596. The maximum absolute atomic E-state index is 13.4. The number of carbonyl (C=O) groups is 1. The van der Waals surface area contributed by atoms with Crippen molar-refractivity contribution in [3.8, 4) is 11.3 Å². The van der Waals surface area contributed by atoms with E-state index in [9.17, 15) is 13.2 Å². The fourth-order valence-corrected chi connectivity index (χ4v) is 4.55. The second kappa shape index (κ2) is 8.50. The lowest BCUT2D eigenvalue weighted by atomic mass is 10.1. The van der Waals surface area contributed by atoms with Gasteiger partial charge in [0.25, 0.3) is 10.0 Å². The molecule has 9 heteroatoms. The van der Waals surface area contributed by atoms with Gasteiger partial charge in [-0.15, -0.1) is 0 Å². The minimum absolute atomic E-state index is 0.0700. The number of amides is 1. The van der Waals surface area contributed by atoms with Gasteiger partial charge < -0.3 is 4.74 Å². The number of ether oxygens (including phenoxy) is 1. The molecule has 31 heavy (non-hydrogen) atoms. The SMILES string of the molecule is COC(=O)N(Cc1cc(-c2cnccc2C)n(S(=O)(=O)c2cccnc2)c1)C(C)(C)C. The van der Waals surface area contributed by atoms with E-state index in [-0.39, 0.29) is 11.4 Å². The number of hydrogen-bond acceptors (Lipinski definition) is 6. The number of hydrogen-bond donors (Lipinski definition) is 0. The average molecular weight is 443 g/mol. The van der Waals surface area contributed by atoms with Crippen molar-refractivity contribution in [2.24, 2.45) is 0 Å². The van der Waals surface area contributed by atoms with Crippen LogP contribution in [0.5, 0.6) is 0 Å². The highest BCUT2D eigenvalue weighted by molar-refractivity contribution is 7.90. The van der Waals surface area contributed by atoms with Crippen molar-refractivity contribution in [3.63, 3.8) is 0 Å². The van der Waals surface area contributed by atoms with Crippen LogP contribution in [0.15, 0.2) is 60.1 Å². The smallest absolute Gasteiger partial charge is 0.410 e. The van der Waals surface area contributed by atoms with Crippen LogP contribution in [0, 0.1) is 6.92 Å². The number of methoxy groups -OCH3 is 1. The van der Waals surface area contributed by atoms with Crippen LogP contribution in [0.1, 0.15) is 31.9 Å². The molecule has 0 unspecified atom stereocenters. The van der Waals surface area contributed by atoms with Crippen LogP contribution in [0.4, 0.5) is 4.79 Å². The van der Waals surface area contributed by atoms with E-state index in [1.54, 1.807) is 29.4 Å². The van der Waals surface area contributed by atoms with Crippen molar-refractivity contribution in [2.75, 3.05) is 7.11 Å². The van der Waals surface area contributed by atoms with Gasteiger partial charge in [-0.3, -0.25) is 14.9 Å². The zero-order chi connectivity index (χ0) is 22.8. The van der Waals surface area contributed by atoms with Gasteiger partial charge in [0.2, 0.25) is 0 Å². The molecule has 0 bridgehead atoms. The highest BCUT2D eigenvalue weighted by atomic mass is 32.2. The number of rotatable bonds is 5. The number of pyridine rings is 2. The average Bonchev–Trinajstić information content (AvgIpc) is 3.16. The molecule has 0 aliphatic carbocycles. The van der Waals surface area contributed by atoms with Gasteiger partial charge in [-0.25, -0.2) is 17.2 Å². The lowest BCUT2D eigenvalue weighted by molar-refractivity contribution is 0.0793. The molecule has 0 fully saturated rings. The molecule has 3 aromatic rings. The summed E-state index contributed by atoms with van der Waals surface area (Å²) in [6, 6.07) is 6.65. The summed E-state index contributed by atoms with van der Waals surface area (Å²) in [7, 11) is -2.60. The second-order valence-corrected chi connectivity index (χ2v) is 9.96. The van der Waals surface area contributed by atoms with Crippen molar-refractivity contribution in [3.05, 3.63) is 66.4 Å². The fourth-order valence-electron chi connectivity index (χ4n) is 3.19. The van der Waals surface area contributed by atoms with Gasteiger partial charge in [-0.05, 0) is 63.1 Å². The first kappa shape index (κ1) is 22.5. The van der Waals surface area contributed by atoms with Gasteiger partial charge >= 0.3 is 6.09 Å². The number of nitrogens with zero attached hydrogens (tertiary/aromatic N) is 4. The van der Waals surface area contributed by atoms with E-state index in [1.807, 2.05) is 33.8 Å². The first-order chi connectivity index (χ1) is 14.6. The Morgan fingerprint density at radius 3 is 2.45 bits per heavy atom. The first-order valence-corrected chi connectivity index (χ1v) is 11.1. The molecule has 3 rings (SSSR count). The Balaban J connectivity index is 2.18. The van der Waals surface area contributed by atoms with E-state index in [4.69, 9.17) is 4.74 Å². The molecule has 1 amide bonds. The van der Waals surface area contributed by atoms with Crippen LogP contribution in [0.3, 0.4) is 0 Å². The molecule has 0 saturated heterocycles. The van der Waals surface area contributed by atoms with Gasteiger partial charge in [-0.1, -0.05) is 0 Å². The summed E-state index contributed by atoms with van der Waals surface area (Å²) >= 11 is 0. The molecule has 0 atom stereocenters. The molecule has 3 aromatic heterocycles. The van der Waals surface area contributed by atoms with Gasteiger partial charge in [0, 0.05) is 42.1 Å². The van der Waals surface area contributed by atoms with Crippen LogP contribution in [0.25, 0.3) is 11.3 Å². The Morgan fingerprint density at radius 1 is 1.16 bits per heavy atom. The molecule has 0 aliphatic rings. The highest BCUT2D eigenvalue weighted by Crippen LogP contribution is 2.30. The topological polar surface area (TPSA) is 94.4 Å². The Kier molecular flexibility index (Phi) is 6.17. The normalized spacial score (nSPS) is 11.9. The molecule has 0 aliphatic heterocycles. The van der Waals surface area contributed by atoms with E-state index in [0.717, 1.165) is 5.56 Å². The zero-order valence-electron chi connectivity index (χ0n) is 18.2. The third kappa shape index (κ3) is 4.61. The number of aromatic nitrogens is 3. The van der Waals surface area contributed by atoms with Crippen molar-refractivity contribution < 1.29 is 17.9 Å². The Morgan fingerprint density at radius 2 is 1.87 bits per heavy atom. The fraction of sp³-hybridized carbons (Fsp3) is 0.318. The van der Waals surface area contributed by atoms with Crippen molar-refractivity contribution in [1.82, 2.24) is 18.8 Å². The number of carbonyl (C=O) groups excluding carboxylic acids is 1. The van der Waals surface area contributed by atoms with Crippen molar-refractivity contribution in [1.29, 1.82) is 0 Å². The second-order valence-electron chi connectivity index (χ2n) is 8.14. The summed E-state index contributed by atoms with van der Waals surface area (Å²) in [6.07, 6.45) is 7.15. The summed E-state index contributed by atoms with van der Waals surface area (Å²) in [5, 5.41) is 0. The summed E-state index contributed by atoms with van der Waals surface area (Å²) in [5.74, 6) is 0. The molecule has 0 N–H and O–H groups in total. The third-order valence-electron chi connectivity index (χ3n) is 4.89. The lowest BCUT2D eigenvalue weighted by Gasteiger charge is -2.34. The molecule has 164 valence electrons. The Labute approximate surface area is 182 Å². The zero-order valence-corrected chi connectivity index (χ0v) is 19.0. The maximum atomic E-state index is 13.4. The molecular weight excluding hydrogens is 416 g/mol. The largest absolute Gasteiger partial charge is 0.453 e. The highest BCUT2D eigenvalue weighted by Gasteiger charge is 2.29. The van der Waals surface area contributed by atoms with E-state index < -0.39 is 21.7 Å². The van der Waals surface area contributed by atoms with Gasteiger partial charge in [0.15, 0.2) is 0 Å². The van der Waals surface area contributed by atoms with Crippen LogP contribution in [0.2, 0.25) is 0 Å². The monoisotopic (exact) mass is 442 g/mol. The molecule has 0 aromatic carbocycles. The summed E-state index contributed by atoms with van der Waals surface area (Å²) < 4.78 is 33.0. The van der Waals surface area contributed by atoms with Gasteiger partial charge in [-0.2, -0.15) is 0 Å². The molecule has 8 nitrogen and oxygen atoms in total. The molecule has 0 spiro atoms. The summed E-state index contributed by atoms with van der Waals surface area (Å²) in [6.45, 7) is 7.73. The molecule has 0 radical (unpaired) electrons. The van der Waals surface area contributed by atoms with Crippen molar-refractivity contribution in [2.45, 2.75) is 44.7 Å². The van der Waals surface area contributed by atoms with Crippen LogP contribution >= 0.6 is 0 Å². The summed E-state index contributed by atoms with van der Waals surface area (Å²) in [5.41, 5.74) is 2.14. The molecule has 3 heterocycles. The standard InChI is InChI=1S/C22H26N4O4S/c1-16-8-10-24-13-19(16)20-11-17(14-25(21(27)30-5)22(2,3)4)15-26(20)31(28,29)18-7-6-9-23-12-18/h6-13,15H,14H2,1-5H3. The first-order valence-electron chi connectivity index (χ1n) is 9.69. The lowest BCUT2D eigenvalue weighted by Crippen LogP contribution is -2.44. The third-order valence-corrected chi connectivity index (χ3v) is 6.55. The Hall–Kier alpha value is -3.20. The minimum Gasteiger partial charge on any atom is -0.453 e. The Bertz CT molecular complexity index is 1180. The van der Waals surface area contributed by atoms with E-state index >= 15 is 0 Å². The maximum Gasteiger partial charge on any atom is 0.410 e. The minimum atomic E-state index is -3.92. The predicted molar refractivity (Wildman–Crippen MR) is 117 cm³/mol. The predicted octanol–water partition coefficient (Wildman–Crippen LogP) is 3.86. The van der Waals surface area contributed by atoms with E-state index in [0.29, 0.717) is 16.8 Å². The van der Waals surface area contributed by atoms with Crippen molar-refractivity contribution >= 4 is 16.1 Å². The van der Waals surface area contributed by atoms with Gasteiger partial charge in [0.05, 0.1) is 19.3 Å². The van der Waals surface area contributed by atoms with Crippen LogP contribution in [-0.2, 0) is 21.3 Å². The number of aryl methyl sites for hydroxylation is 1. The summed E-state index contributed by atoms with van der Waals surface area (Å²) in [4.78, 5) is 22.1. The van der Waals surface area contributed by atoms with E-state index in [1.165, 1.54) is 35.7 Å². The van der Waals surface area contributed by atoms with E-state index in [2.05, 4.69) is 9.97 Å².